The van der Waals surface area contributed by atoms with Gasteiger partial charge in [-0.1, -0.05) is 57.0 Å². The van der Waals surface area contributed by atoms with Crippen LogP contribution in [0.1, 0.15) is 30.9 Å². The van der Waals surface area contributed by atoms with E-state index in [0.29, 0.717) is 0 Å². The molecule has 82 valence electrons. The Morgan fingerprint density at radius 1 is 1.40 bits per heavy atom. The normalized spacial score (nSPS) is 14.7. The molecule has 1 aromatic rings. The predicted molar refractivity (Wildman–Crippen MR) is 70.7 cm³/mol. The highest BCUT2D eigenvalue weighted by molar-refractivity contribution is 9.10. The molecule has 0 heterocycles. The lowest BCUT2D eigenvalue weighted by atomic mass is 9.95. The molecular weight excluding hydrogens is 320 g/mol. The summed E-state index contributed by atoms with van der Waals surface area (Å²) in [6.07, 6.45) is 0. The van der Waals surface area contributed by atoms with Gasteiger partial charge in [0.15, 0.2) is 0 Å². The van der Waals surface area contributed by atoms with Crippen LogP contribution in [0.5, 0.6) is 0 Å². The van der Waals surface area contributed by atoms with Gasteiger partial charge in [0.05, 0.1) is 4.83 Å². The predicted octanol–water partition coefficient (Wildman–Crippen LogP) is 4.21. The van der Waals surface area contributed by atoms with E-state index in [1.54, 1.807) is 6.92 Å². The molecule has 0 saturated heterocycles. The molecular formula is C12H14Br2O. The third-order valence-electron chi connectivity index (χ3n) is 2.54. The number of carbonyl (C=O) groups excluding carboxylic acids is 1. The number of Topliss-reactive ketones (excluding diaryl/α,β-unsaturated/α-hetero) is 1. The van der Waals surface area contributed by atoms with Crippen molar-refractivity contribution < 1.29 is 4.79 Å². The first-order chi connectivity index (χ1) is 6.95. The summed E-state index contributed by atoms with van der Waals surface area (Å²) in [7, 11) is 0. The number of halogens is 2. The minimum atomic E-state index is -0.115. The van der Waals surface area contributed by atoms with Crippen molar-refractivity contribution in [2.45, 2.75) is 31.5 Å². The van der Waals surface area contributed by atoms with Crippen molar-refractivity contribution in [2.75, 3.05) is 0 Å². The van der Waals surface area contributed by atoms with Gasteiger partial charge in [0, 0.05) is 10.4 Å². The molecule has 0 aliphatic carbocycles. The molecule has 0 aliphatic rings. The highest BCUT2D eigenvalue weighted by Gasteiger charge is 2.22. The maximum Gasteiger partial charge on any atom is 0.144 e. The Bertz CT molecular complexity index is 374. The molecule has 0 N–H and O–H groups in total. The summed E-state index contributed by atoms with van der Waals surface area (Å²) in [5, 5.41) is 0. The molecule has 0 aliphatic heterocycles. The summed E-state index contributed by atoms with van der Waals surface area (Å²) in [4.78, 5) is 11.2. The summed E-state index contributed by atoms with van der Waals surface area (Å²) in [5.74, 6) is 0.340. The maximum absolute atomic E-state index is 11.3. The minimum absolute atomic E-state index is 0.115. The van der Waals surface area contributed by atoms with E-state index in [4.69, 9.17) is 0 Å². The van der Waals surface area contributed by atoms with Crippen molar-refractivity contribution in [1.82, 2.24) is 0 Å². The second-order valence-corrected chi connectivity index (χ2v) is 5.56. The van der Waals surface area contributed by atoms with Crippen LogP contribution >= 0.6 is 31.9 Å². The average Bonchev–Trinajstić information content (AvgIpc) is 2.20. The van der Waals surface area contributed by atoms with Crippen LogP contribution in [0.25, 0.3) is 0 Å². The number of carbonyl (C=O) groups is 1. The molecule has 1 rings (SSSR count). The van der Waals surface area contributed by atoms with Crippen molar-refractivity contribution in [3.8, 4) is 0 Å². The number of hydrogen-bond acceptors (Lipinski definition) is 1. The van der Waals surface area contributed by atoms with Crippen molar-refractivity contribution >= 4 is 37.6 Å². The second-order valence-electron chi connectivity index (χ2n) is 3.78. The molecule has 0 saturated carbocycles. The molecule has 0 radical (unpaired) electrons. The first-order valence-electron chi connectivity index (χ1n) is 4.84. The van der Waals surface area contributed by atoms with Crippen molar-refractivity contribution in [1.29, 1.82) is 0 Å². The van der Waals surface area contributed by atoms with Gasteiger partial charge in [-0.05, 0) is 25.0 Å². The van der Waals surface area contributed by atoms with Gasteiger partial charge in [-0.25, -0.2) is 0 Å². The van der Waals surface area contributed by atoms with Gasteiger partial charge in [-0.2, -0.15) is 0 Å². The minimum Gasteiger partial charge on any atom is -0.299 e. The quantitative estimate of drug-likeness (QED) is 0.757. The van der Waals surface area contributed by atoms with E-state index in [9.17, 15) is 4.79 Å². The Balaban J connectivity index is 3.06. The van der Waals surface area contributed by atoms with E-state index in [1.165, 1.54) is 11.1 Å². The van der Waals surface area contributed by atoms with Crippen LogP contribution in [0.2, 0.25) is 0 Å². The molecule has 0 amide bonds. The highest BCUT2D eigenvalue weighted by atomic mass is 79.9. The number of ketones is 1. The van der Waals surface area contributed by atoms with E-state index >= 15 is 0 Å². The third-order valence-corrected chi connectivity index (χ3v) is 5.06. The van der Waals surface area contributed by atoms with Gasteiger partial charge >= 0.3 is 0 Å². The molecule has 2 unspecified atom stereocenters. The Hall–Kier alpha value is -0.150. The van der Waals surface area contributed by atoms with Crippen LogP contribution in [0.3, 0.4) is 0 Å². The molecule has 1 aromatic carbocycles. The van der Waals surface area contributed by atoms with E-state index in [2.05, 4.69) is 57.8 Å². The Labute approximate surface area is 108 Å². The average molecular weight is 334 g/mol. The van der Waals surface area contributed by atoms with Crippen LogP contribution < -0.4 is 0 Å². The van der Waals surface area contributed by atoms with Crippen LogP contribution in [-0.2, 0) is 4.79 Å². The van der Waals surface area contributed by atoms with E-state index < -0.39 is 0 Å². The summed E-state index contributed by atoms with van der Waals surface area (Å²) in [5.41, 5.74) is 2.37. The molecule has 0 fully saturated rings. The first-order valence-corrected chi connectivity index (χ1v) is 6.55. The lowest BCUT2D eigenvalue weighted by Gasteiger charge is -2.18. The highest BCUT2D eigenvalue weighted by Crippen LogP contribution is 2.32. The van der Waals surface area contributed by atoms with E-state index in [-0.39, 0.29) is 16.5 Å². The topological polar surface area (TPSA) is 17.1 Å². The van der Waals surface area contributed by atoms with Crippen molar-refractivity contribution in [3.05, 3.63) is 33.8 Å². The number of hydrogen-bond donors (Lipinski definition) is 0. The number of benzene rings is 1. The van der Waals surface area contributed by atoms with Crippen LogP contribution in [0.4, 0.5) is 0 Å². The molecule has 3 heteroatoms. The largest absolute Gasteiger partial charge is 0.299 e. The van der Waals surface area contributed by atoms with Crippen LogP contribution in [0.15, 0.2) is 22.7 Å². The second kappa shape index (κ2) is 5.26. The number of alkyl halides is 1. The smallest absolute Gasteiger partial charge is 0.144 e. The van der Waals surface area contributed by atoms with Crippen molar-refractivity contribution in [3.63, 3.8) is 0 Å². The van der Waals surface area contributed by atoms with Gasteiger partial charge in [-0.15, -0.1) is 0 Å². The number of aryl methyl sites for hydroxylation is 1. The fourth-order valence-corrected chi connectivity index (χ4v) is 2.44. The Morgan fingerprint density at radius 2 is 2.00 bits per heavy atom. The molecule has 0 bridgehead atoms. The van der Waals surface area contributed by atoms with E-state index in [0.717, 1.165) is 4.47 Å². The zero-order valence-corrected chi connectivity index (χ0v) is 12.2. The summed E-state index contributed by atoms with van der Waals surface area (Å²) >= 11 is 7.00. The van der Waals surface area contributed by atoms with Crippen molar-refractivity contribution in [2.24, 2.45) is 0 Å². The summed E-state index contributed by atoms with van der Waals surface area (Å²) in [6, 6.07) is 6.13. The van der Waals surface area contributed by atoms with Gasteiger partial charge in [-0.3, -0.25) is 4.79 Å². The lowest BCUT2D eigenvalue weighted by molar-refractivity contribution is -0.116. The molecule has 0 aromatic heterocycles. The summed E-state index contributed by atoms with van der Waals surface area (Å²) in [6.45, 7) is 5.72. The van der Waals surface area contributed by atoms with Gasteiger partial charge in [0.1, 0.15) is 5.78 Å². The van der Waals surface area contributed by atoms with E-state index in [1.807, 2.05) is 6.07 Å². The zero-order chi connectivity index (χ0) is 11.6. The Morgan fingerprint density at radius 3 is 2.53 bits per heavy atom. The van der Waals surface area contributed by atoms with Gasteiger partial charge < -0.3 is 0 Å². The Kier molecular flexibility index (Phi) is 4.53. The monoisotopic (exact) mass is 332 g/mol. The molecule has 1 nitrogen and oxygen atoms in total. The fraction of sp³-hybridized carbons (Fsp3) is 0.417. The first kappa shape index (κ1) is 12.9. The van der Waals surface area contributed by atoms with Gasteiger partial charge in [0.2, 0.25) is 0 Å². The SMILES string of the molecule is CC(=O)C(Br)C(C)c1cccc(C)c1Br. The van der Waals surface area contributed by atoms with Crippen LogP contribution in [-0.4, -0.2) is 10.6 Å². The third kappa shape index (κ3) is 2.91. The van der Waals surface area contributed by atoms with Crippen LogP contribution in [0, 0.1) is 6.92 Å². The summed E-state index contributed by atoms with van der Waals surface area (Å²) < 4.78 is 1.10. The number of rotatable bonds is 3. The molecule has 2 atom stereocenters. The molecule has 15 heavy (non-hydrogen) atoms. The fourth-order valence-electron chi connectivity index (χ4n) is 1.53. The lowest BCUT2D eigenvalue weighted by Crippen LogP contribution is -2.18. The molecule has 0 spiro atoms. The maximum atomic E-state index is 11.3. The zero-order valence-electron chi connectivity index (χ0n) is 9.05. The van der Waals surface area contributed by atoms with Gasteiger partial charge in [0.25, 0.3) is 0 Å². The standard InChI is InChI=1S/C12H14Br2O/c1-7-5-4-6-10(11(7)13)8(2)12(14)9(3)15/h4-6,8,12H,1-3H3.